The molecule has 4 nitrogen and oxygen atoms in total. The van der Waals surface area contributed by atoms with Crippen LogP contribution in [0.3, 0.4) is 0 Å². The normalized spacial score (nSPS) is 10.7. The van der Waals surface area contributed by atoms with Gasteiger partial charge in [-0.2, -0.15) is 0 Å². The smallest absolute Gasteiger partial charge is 0.261 e. The summed E-state index contributed by atoms with van der Waals surface area (Å²) in [5.41, 5.74) is 2.32. The van der Waals surface area contributed by atoms with Crippen LogP contribution in [-0.2, 0) is 0 Å². The maximum Gasteiger partial charge on any atom is 0.261 e. The van der Waals surface area contributed by atoms with Gasteiger partial charge in [-0.25, -0.2) is 17.6 Å². The van der Waals surface area contributed by atoms with Crippen LogP contribution >= 0.6 is 0 Å². The van der Waals surface area contributed by atoms with Crippen molar-refractivity contribution in [2.45, 2.75) is 13.8 Å². The Labute approximate surface area is 204 Å². The fourth-order valence-corrected chi connectivity index (χ4v) is 3.77. The van der Waals surface area contributed by atoms with Crippen LogP contribution in [0.5, 0.6) is 0 Å². The minimum Gasteiger partial charge on any atom is -0.322 e. The van der Waals surface area contributed by atoms with E-state index in [0.29, 0.717) is 22.5 Å². The van der Waals surface area contributed by atoms with Gasteiger partial charge in [0.2, 0.25) is 0 Å². The summed E-state index contributed by atoms with van der Waals surface area (Å²) < 4.78 is 55.6. The molecule has 4 aromatic carbocycles. The number of aryl methyl sites for hydroxylation is 2. The van der Waals surface area contributed by atoms with E-state index in [4.69, 9.17) is 0 Å². The SMILES string of the molecule is Cc1cc(-c2ccc(NC(=O)c3c(F)cccc3F)c(C)c2)ccc1NC(=O)c1c(F)cccc1F. The molecule has 0 radical (unpaired) electrons. The second-order valence-corrected chi connectivity index (χ2v) is 8.16. The van der Waals surface area contributed by atoms with E-state index in [1.54, 1.807) is 50.2 Å². The van der Waals surface area contributed by atoms with E-state index in [0.717, 1.165) is 35.4 Å². The lowest BCUT2D eigenvalue weighted by molar-refractivity contribution is 0.101. The average Bonchev–Trinajstić information content (AvgIpc) is 2.81. The summed E-state index contributed by atoms with van der Waals surface area (Å²) in [5.74, 6) is -5.62. The molecule has 0 unspecified atom stereocenters. The molecule has 182 valence electrons. The van der Waals surface area contributed by atoms with Crippen molar-refractivity contribution >= 4 is 23.2 Å². The highest BCUT2D eigenvalue weighted by Gasteiger charge is 2.19. The molecule has 0 fully saturated rings. The molecule has 0 bridgehead atoms. The summed E-state index contributed by atoms with van der Waals surface area (Å²) in [7, 11) is 0. The van der Waals surface area contributed by atoms with Gasteiger partial charge in [0.15, 0.2) is 0 Å². The van der Waals surface area contributed by atoms with Crippen LogP contribution in [0.1, 0.15) is 31.8 Å². The van der Waals surface area contributed by atoms with Crippen molar-refractivity contribution in [3.05, 3.63) is 118 Å². The first-order valence-corrected chi connectivity index (χ1v) is 10.9. The molecule has 4 aromatic rings. The molecule has 36 heavy (non-hydrogen) atoms. The number of nitrogens with one attached hydrogen (secondary N) is 2. The van der Waals surface area contributed by atoms with E-state index in [9.17, 15) is 27.2 Å². The Morgan fingerprint density at radius 1 is 0.556 bits per heavy atom. The van der Waals surface area contributed by atoms with Crippen LogP contribution in [0.25, 0.3) is 11.1 Å². The Balaban J connectivity index is 1.53. The number of carbonyl (C=O) groups excluding carboxylic acids is 2. The average molecular weight is 492 g/mol. The largest absolute Gasteiger partial charge is 0.322 e. The third-order valence-corrected chi connectivity index (χ3v) is 5.66. The van der Waals surface area contributed by atoms with Gasteiger partial charge in [0.25, 0.3) is 11.8 Å². The highest BCUT2D eigenvalue weighted by molar-refractivity contribution is 6.06. The molecule has 2 N–H and O–H groups in total. The Kier molecular flexibility index (Phi) is 6.87. The number of hydrogen-bond acceptors (Lipinski definition) is 2. The lowest BCUT2D eigenvalue weighted by Gasteiger charge is -2.13. The number of anilines is 2. The summed E-state index contributed by atoms with van der Waals surface area (Å²) in [6.45, 7) is 3.47. The molecule has 0 saturated carbocycles. The van der Waals surface area contributed by atoms with Crippen LogP contribution in [0.15, 0.2) is 72.8 Å². The predicted molar refractivity (Wildman–Crippen MR) is 130 cm³/mol. The zero-order valence-electron chi connectivity index (χ0n) is 19.3. The summed E-state index contributed by atoms with van der Waals surface area (Å²) in [6.07, 6.45) is 0. The van der Waals surface area contributed by atoms with Gasteiger partial charge in [-0.15, -0.1) is 0 Å². The van der Waals surface area contributed by atoms with Crippen molar-refractivity contribution in [1.29, 1.82) is 0 Å². The standard InChI is InChI=1S/C28H20F4N2O2/c1-15-13-17(9-11-23(15)33-27(35)25-19(29)5-3-6-20(25)30)18-10-12-24(16(2)14-18)34-28(36)26-21(31)7-4-8-22(26)32/h3-14H,1-2H3,(H,33,35)(H,34,36). The first-order chi connectivity index (χ1) is 17.2. The molecule has 0 spiro atoms. The van der Waals surface area contributed by atoms with Crippen molar-refractivity contribution in [3.8, 4) is 11.1 Å². The highest BCUT2D eigenvalue weighted by Crippen LogP contribution is 2.29. The van der Waals surface area contributed by atoms with Gasteiger partial charge >= 0.3 is 0 Å². The fourth-order valence-electron chi connectivity index (χ4n) is 3.77. The van der Waals surface area contributed by atoms with Gasteiger partial charge in [-0.1, -0.05) is 24.3 Å². The van der Waals surface area contributed by atoms with Gasteiger partial charge < -0.3 is 10.6 Å². The molecule has 0 aliphatic carbocycles. The van der Waals surface area contributed by atoms with E-state index in [-0.39, 0.29) is 0 Å². The van der Waals surface area contributed by atoms with Crippen LogP contribution < -0.4 is 10.6 Å². The highest BCUT2D eigenvalue weighted by atomic mass is 19.1. The molecular weight excluding hydrogens is 472 g/mol. The fraction of sp³-hybridized carbons (Fsp3) is 0.0714. The topological polar surface area (TPSA) is 58.2 Å². The lowest BCUT2D eigenvalue weighted by atomic mass is 9.99. The molecule has 0 aromatic heterocycles. The van der Waals surface area contributed by atoms with Crippen molar-refractivity contribution in [3.63, 3.8) is 0 Å². The molecular formula is C28H20F4N2O2. The van der Waals surface area contributed by atoms with Gasteiger partial charge in [-0.05, 0) is 84.6 Å². The molecule has 0 aliphatic rings. The minimum atomic E-state index is -0.956. The number of amides is 2. The number of hydrogen-bond donors (Lipinski definition) is 2. The number of halogens is 4. The summed E-state index contributed by atoms with van der Waals surface area (Å²) >= 11 is 0. The third kappa shape index (κ3) is 4.98. The van der Waals surface area contributed by atoms with E-state index < -0.39 is 46.2 Å². The van der Waals surface area contributed by atoms with Crippen molar-refractivity contribution in [1.82, 2.24) is 0 Å². The van der Waals surface area contributed by atoms with Crippen molar-refractivity contribution in [2.75, 3.05) is 10.6 Å². The van der Waals surface area contributed by atoms with E-state index >= 15 is 0 Å². The Morgan fingerprint density at radius 3 is 1.19 bits per heavy atom. The van der Waals surface area contributed by atoms with Crippen LogP contribution in [0.4, 0.5) is 28.9 Å². The molecule has 4 rings (SSSR count). The molecule has 0 aliphatic heterocycles. The number of carbonyl (C=O) groups is 2. The monoisotopic (exact) mass is 492 g/mol. The van der Waals surface area contributed by atoms with Gasteiger partial charge in [0.1, 0.15) is 34.4 Å². The minimum absolute atomic E-state index is 0.388. The van der Waals surface area contributed by atoms with Crippen molar-refractivity contribution < 1.29 is 27.2 Å². The zero-order chi connectivity index (χ0) is 26.0. The van der Waals surface area contributed by atoms with Crippen LogP contribution in [0.2, 0.25) is 0 Å². The van der Waals surface area contributed by atoms with E-state index in [2.05, 4.69) is 10.6 Å². The molecule has 0 atom stereocenters. The molecule has 0 saturated heterocycles. The Morgan fingerprint density at radius 2 is 0.889 bits per heavy atom. The summed E-state index contributed by atoms with van der Waals surface area (Å²) in [4.78, 5) is 24.8. The molecule has 8 heteroatoms. The summed E-state index contributed by atoms with van der Waals surface area (Å²) in [5, 5.41) is 5.05. The first-order valence-electron chi connectivity index (χ1n) is 10.9. The van der Waals surface area contributed by atoms with Crippen LogP contribution in [0, 0.1) is 37.1 Å². The second kappa shape index (κ2) is 10.0. The predicted octanol–water partition coefficient (Wildman–Crippen LogP) is 7.03. The number of benzene rings is 4. The zero-order valence-corrected chi connectivity index (χ0v) is 19.3. The molecule has 2 amide bonds. The Hall–Kier alpha value is -4.46. The van der Waals surface area contributed by atoms with Gasteiger partial charge in [0, 0.05) is 11.4 Å². The van der Waals surface area contributed by atoms with Gasteiger partial charge in [0.05, 0.1) is 0 Å². The summed E-state index contributed by atoms with van der Waals surface area (Å²) in [6, 6.07) is 16.7. The first kappa shape index (κ1) is 24.7. The van der Waals surface area contributed by atoms with E-state index in [1.165, 1.54) is 12.1 Å². The van der Waals surface area contributed by atoms with Crippen molar-refractivity contribution in [2.24, 2.45) is 0 Å². The van der Waals surface area contributed by atoms with Gasteiger partial charge in [-0.3, -0.25) is 9.59 Å². The number of rotatable bonds is 5. The molecule has 0 heterocycles. The van der Waals surface area contributed by atoms with Crippen LogP contribution in [-0.4, -0.2) is 11.8 Å². The quantitative estimate of drug-likeness (QED) is 0.294. The lowest BCUT2D eigenvalue weighted by Crippen LogP contribution is -2.16. The maximum atomic E-state index is 13.9. The maximum absolute atomic E-state index is 13.9. The second-order valence-electron chi connectivity index (χ2n) is 8.16. The van der Waals surface area contributed by atoms with E-state index in [1.807, 2.05) is 0 Å². The Bertz CT molecular complexity index is 1350. The third-order valence-electron chi connectivity index (χ3n) is 5.66.